The van der Waals surface area contributed by atoms with Crippen molar-refractivity contribution in [2.45, 2.75) is 45.2 Å². The van der Waals surface area contributed by atoms with Crippen LogP contribution in [-0.2, 0) is 11.2 Å². The number of carbonyl (C=O) groups is 1. The molecule has 1 aliphatic heterocycles. The van der Waals surface area contributed by atoms with Crippen molar-refractivity contribution in [1.29, 1.82) is 0 Å². The summed E-state index contributed by atoms with van der Waals surface area (Å²) in [5.74, 6) is 0.127. The Labute approximate surface area is 125 Å². The molecule has 0 bridgehead atoms. The monoisotopic (exact) mass is 292 g/mol. The molecular formula is C16H21ClN2O. The third kappa shape index (κ3) is 2.45. The maximum atomic E-state index is 12.0. The lowest BCUT2D eigenvalue weighted by molar-refractivity contribution is -0.124. The lowest BCUT2D eigenvalue weighted by Gasteiger charge is -2.33. The number of carbonyl (C=O) groups excluding carboxylic acids is 1. The van der Waals surface area contributed by atoms with Gasteiger partial charge in [-0.15, -0.1) is 0 Å². The number of nitrogens with one attached hydrogen (secondary N) is 2. The molecule has 2 N–H and O–H groups in total. The van der Waals surface area contributed by atoms with E-state index in [-0.39, 0.29) is 23.4 Å². The van der Waals surface area contributed by atoms with Crippen molar-refractivity contribution in [3.05, 3.63) is 34.3 Å². The molecule has 1 saturated heterocycles. The van der Waals surface area contributed by atoms with Crippen molar-refractivity contribution >= 4 is 17.5 Å². The molecule has 2 unspecified atom stereocenters. The molecular weight excluding hydrogens is 272 g/mol. The fraction of sp³-hybridized carbons (Fsp3) is 0.562. The normalized spacial score (nSPS) is 28.1. The van der Waals surface area contributed by atoms with E-state index in [1.165, 1.54) is 11.1 Å². The van der Waals surface area contributed by atoms with Gasteiger partial charge in [0.25, 0.3) is 0 Å². The summed E-state index contributed by atoms with van der Waals surface area (Å²) in [4.78, 5) is 12.0. The summed E-state index contributed by atoms with van der Waals surface area (Å²) in [5.41, 5.74) is 2.69. The first-order chi connectivity index (χ1) is 9.47. The van der Waals surface area contributed by atoms with Gasteiger partial charge in [-0.2, -0.15) is 0 Å². The first kappa shape index (κ1) is 13.9. The molecule has 2 aliphatic rings. The third-order valence-electron chi connectivity index (χ3n) is 4.50. The molecule has 3 rings (SSSR count). The van der Waals surface area contributed by atoms with Gasteiger partial charge in [-0.3, -0.25) is 10.1 Å². The summed E-state index contributed by atoms with van der Waals surface area (Å²) >= 11 is 6.15. The van der Waals surface area contributed by atoms with Gasteiger partial charge in [-0.1, -0.05) is 31.5 Å². The number of halogens is 1. The van der Waals surface area contributed by atoms with Gasteiger partial charge in [0.1, 0.15) is 0 Å². The minimum absolute atomic E-state index is 0.0852. The second kappa shape index (κ2) is 5.05. The number of piperidine rings is 1. The Hall–Kier alpha value is -1.06. The smallest absolute Gasteiger partial charge is 0.237 e. The number of rotatable bonds is 2. The van der Waals surface area contributed by atoms with Gasteiger partial charge < -0.3 is 5.32 Å². The third-order valence-corrected chi connectivity index (χ3v) is 4.73. The Kier molecular flexibility index (Phi) is 3.51. The van der Waals surface area contributed by atoms with Crippen LogP contribution in [0.15, 0.2) is 18.2 Å². The predicted molar refractivity (Wildman–Crippen MR) is 80.8 cm³/mol. The molecule has 3 nitrogen and oxygen atoms in total. The summed E-state index contributed by atoms with van der Waals surface area (Å²) in [7, 11) is 0. The molecule has 0 aromatic heterocycles. The van der Waals surface area contributed by atoms with E-state index >= 15 is 0 Å². The lowest BCUT2D eigenvalue weighted by atomic mass is 9.84. The molecule has 20 heavy (non-hydrogen) atoms. The highest BCUT2D eigenvalue weighted by molar-refractivity contribution is 6.30. The Morgan fingerprint density at radius 1 is 1.40 bits per heavy atom. The van der Waals surface area contributed by atoms with Gasteiger partial charge in [0.15, 0.2) is 0 Å². The zero-order chi connectivity index (χ0) is 14.3. The van der Waals surface area contributed by atoms with Gasteiger partial charge >= 0.3 is 0 Å². The van der Waals surface area contributed by atoms with E-state index < -0.39 is 0 Å². The molecule has 0 spiro atoms. The van der Waals surface area contributed by atoms with Crippen LogP contribution in [0.3, 0.4) is 0 Å². The largest absolute Gasteiger partial charge is 0.355 e. The first-order valence-electron chi connectivity index (χ1n) is 7.29. The number of amides is 1. The van der Waals surface area contributed by atoms with Gasteiger partial charge in [0, 0.05) is 17.6 Å². The topological polar surface area (TPSA) is 41.1 Å². The molecule has 1 aromatic carbocycles. The molecule has 1 amide bonds. The minimum atomic E-state index is -0.0852. The molecule has 1 aliphatic carbocycles. The molecule has 1 aromatic rings. The van der Waals surface area contributed by atoms with Crippen LogP contribution < -0.4 is 10.6 Å². The van der Waals surface area contributed by atoms with Gasteiger partial charge in [-0.05, 0) is 47.9 Å². The number of hydrogen-bond acceptors (Lipinski definition) is 2. The maximum Gasteiger partial charge on any atom is 0.237 e. The highest BCUT2D eigenvalue weighted by atomic mass is 35.5. The SMILES string of the molecule is CC1(C)Cc2ccc(Cl)cc2C1NC1CCCNC1=O. The fourth-order valence-electron chi connectivity index (χ4n) is 3.46. The number of fused-ring (bicyclic) bond motifs is 1. The Morgan fingerprint density at radius 3 is 2.95 bits per heavy atom. The van der Waals surface area contributed by atoms with E-state index in [0.717, 1.165) is 30.8 Å². The van der Waals surface area contributed by atoms with Gasteiger partial charge in [-0.25, -0.2) is 0 Å². The standard InChI is InChI=1S/C16H21ClN2O/c1-16(2)9-10-5-6-11(17)8-12(10)14(16)19-13-4-3-7-18-15(13)20/h5-6,8,13-14,19H,3-4,7,9H2,1-2H3,(H,18,20). The predicted octanol–water partition coefficient (Wildman–Crippen LogP) is 2.83. The van der Waals surface area contributed by atoms with Crippen LogP contribution in [0.4, 0.5) is 0 Å². The van der Waals surface area contributed by atoms with Crippen LogP contribution in [0.1, 0.15) is 43.9 Å². The zero-order valence-electron chi connectivity index (χ0n) is 12.0. The maximum absolute atomic E-state index is 12.0. The molecule has 108 valence electrons. The molecule has 1 fully saturated rings. The van der Waals surface area contributed by atoms with Gasteiger partial charge in [0.05, 0.1) is 6.04 Å². The molecule has 4 heteroatoms. The van der Waals surface area contributed by atoms with Gasteiger partial charge in [0.2, 0.25) is 5.91 Å². The van der Waals surface area contributed by atoms with E-state index in [1.54, 1.807) is 0 Å². The van der Waals surface area contributed by atoms with Crippen molar-refractivity contribution in [2.24, 2.45) is 5.41 Å². The van der Waals surface area contributed by atoms with Crippen molar-refractivity contribution in [2.75, 3.05) is 6.54 Å². The van der Waals surface area contributed by atoms with Crippen molar-refractivity contribution < 1.29 is 4.79 Å². The average molecular weight is 293 g/mol. The number of hydrogen-bond donors (Lipinski definition) is 2. The molecule has 0 radical (unpaired) electrons. The second-order valence-electron chi connectivity index (χ2n) is 6.59. The minimum Gasteiger partial charge on any atom is -0.355 e. The van der Waals surface area contributed by atoms with Crippen LogP contribution in [0.2, 0.25) is 5.02 Å². The van der Waals surface area contributed by atoms with Crippen molar-refractivity contribution in [3.8, 4) is 0 Å². The Morgan fingerprint density at radius 2 is 2.20 bits per heavy atom. The molecule has 0 saturated carbocycles. The zero-order valence-corrected chi connectivity index (χ0v) is 12.8. The summed E-state index contributed by atoms with van der Waals surface area (Å²) in [6.45, 7) is 5.30. The Bertz CT molecular complexity index is 541. The van der Waals surface area contributed by atoms with Crippen LogP contribution in [-0.4, -0.2) is 18.5 Å². The van der Waals surface area contributed by atoms with E-state index in [1.807, 2.05) is 12.1 Å². The van der Waals surface area contributed by atoms with Crippen LogP contribution in [0.25, 0.3) is 0 Å². The summed E-state index contributed by atoms with van der Waals surface area (Å²) in [5, 5.41) is 7.28. The molecule has 2 atom stereocenters. The average Bonchev–Trinajstić information content (AvgIpc) is 2.63. The fourth-order valence-corrected chi connectivity index (χ4v) is 3.64. The van der Waals surface area contributed by atoms with Crippen LogP contribution in [0, 0.1) is 5.41 Å². The van der Waals surface area contributed by atoms with Crippen LogP contribution >= 0.6 is 11.6 Å². The Balaban J connectivity index is 1.88. The van der Waals surface area contributed by atoms with E-state index in [0.29, 0.717) is 0 Å². The van der Waals surface area contributed by atoms with E-state index in [2.05, 4.69) is 30.5 Å². The lowest BCUT2D eigenvalue weighted by Crippen LogP contribution is -2.50. The second-order valence-corrected chi connectivity index (χ2v) is 7.03. The summed E-state index contributed by atoms with van der Waals surface area (Å²) in [6, 6.07) is 6.21. The summed E-state index contributed by atoms with van der Waals surface area (Å²) < 4.78 is 0. The number of benzene rings is 1. The van der Waals surface area contributed by atoms with E-state index in [4.69, 9.17) is 11.6 Å². The highest BCUT2D eigenvalue weighted by Crippen LogP contribution is 2.46. The highest BCUT2D eigenvalue weighted by Gasteiger charge is 2.41. The quantitative estimate of drug-likeness (QED) is 0.880. The van der Waals surface area contributed by atoms with E-state index in [9.17, 15) is 4.79 Å². The first-order valence-corrected chi connectivity index (χ1v) is 7.67. The van der Waals surface area contributed by atoms with Crippen molar-refractivity contribution in [1.82, 2.24) is 10.6 Å². The van der Waals surface area contributed by atoms with Crippen LogP contribution in [0.5, 0.6) is 0 Å². The molecule has 1 heterocycles. The summed E-state index contributed by atoms with van der Waals surface area (Å²) in [6.07, 6.45) is 2.97. The van der Waals surface area contributed by atoms with Crippen molar-refractivity contribution in [3.63, 3.8) is 0 Å².